The molecule has 176 valence electrons. The van der Waals surface area contributed by atoms with Crippen LogP contribution in [-0.2, 0) is 17.1 Å². The first-order chi connectivity index (χ1) is 15.8. The van der Waals surface area contributed by atoms with Crippen LogP contribution >= 0.6 is 23.2 Å². The first kappa shape index (κ1) is 25.2. The van der Waals surface area contributed by atoms with E-state index in [9.17, 15) is 36.4 Å². The summed E-state index contributed by atoms with van der Waals surface area (Å²) in [6.07, 6.45) is -8.41. The van der Waals surface area contributed by atoms with Crippen LogP contribution in [0.5, 0.6) is 0 Å². The number of alkyl halides is 6. The van der Waals surface area contributed by atoms with Gasteiger partial charge in [-0.25, -0.2) is 0 Å². The minimum absolute atomic E-state index is 0.0284. The van der Waals surface area contributed by atoms with Crippen LogP contribution in [0.3, 0.4) is 0 Å². The third kappa shape index (κ3) is 5.73. The lowest BCUT2D eigenvalue weighted by atomic mass is 10.1. The van der Waals surface area contributed by atoms with Gasteiger partial charge in [0, 0.05) is 17.3 Å². The third-order valence-electron chi connectivity index (χ3n) is 4.37. The summed E-state index contributed by atoms with van der Waals surface area (Å²) >= 11 is 11.5. The molecular weight excluding hydrogens is 509 g/mol. The van der Waals surface area contributed by atoms with E-state index in [4.69, 9.17) is 27.6 Å². The number of halogens is 8. The summed E-state index contributed by atoms with van der Waals surface area (Å²) in [4.78, 5) is 12.4. The normalized spacial score (nSPS) is 12.4. The Hall–Kier alpha value is -3.42. The van der Waals surface area contributed by atoms with Crippen LogP contribution < -0.4 is 5.32 Å². The summed E-state index contributed by atoms with van der Waals surface area (Å²) in [5.74, 6) is -1.19. The molecule has 3 aromatic rings. The molecule has 0 aliphatic heterocycles. The molecule has 12 heteroatoms. The van der Waals surface area contributed by atoms with Crippen molar-refractivity contribution in [2.45, 2.75) is 12.4 Å². The van der Waals surface area contributed by atoms with Crippen molar-refractivity contribution in [3.05, 3.63) is 81.0 Å². The van der Waals surface area contributed by atoms with E-state index in [1.54, 1.807) is 6.07 Å². The molecule has 0 saturated heterocycles. The summed E-state index contributed by atoms with van der Waals surface area (Å²) in [6.45, 7) is 0. The van der Waals surface area contributed by atoms with E-state index in [0.717, 1.165) is 36.4 Å². The summed E-state index contributed by atoms with van der Waals surface area (Å²) in [5.41, 5.74) is -3.01. The number of nitrogens with one attached hydrogen (secondary N) is 1. The van der Waals surface area contributed by atoms with Gasteiger partial charge in [0.1, 0.15) is 23.2 Å². The Morgan fingerprint density at radius 1 is 0.941 bits per heavy atom. The van der Waals surface area contributed by atoms with Crippen LogP contribution in [-0.4, -0.2) is 5.91 Å². The van der Waals surface area contributed by atoms with Gasteiger partial charge >= 0.3 is 12.4 Å². The number of carbonyl (C=O) groups is 1. The summed E-state index contributed by atoms with van der Waals surface area (Å²) < 4.78 is 83.3. The highest BCUT2D eigenvalue weighted by molar-refractivity contribution is 6.33. The molecule has 0 unspecified atom stereocenters. The zero-order chi connectivity index (χ0) is 25.3. The molecule has 0 bridgehead atoms. The SMILES string of the molecule is N#C/C(=C\c1ccc(-c2cc(C(F)(F)F)ccc2Cl)o1)C(=O)Nc1ccc(Cl)c(C(F)(F)F)c1. The summed E-state index contributed by atoms with van der Waals surface area (Å²) in [7, 11) is 0. The first-order valence-electron chi connectivity index (χ1n) is 9.06. The van der Waals surface area contributed by atoms with E-state index in [2.05, 4.69) is 5.32 Å². The van der Waals surface area contributed by atoms with Crippen LogP contribution in [0.2, 0.25) is 10.0 Å². The molecule has 3 rings (SSSR count). The van der Waals surface area contributed by atoms with Crippen LogP contribution in [0.4, 0.5) is 32.0 Å². The number of furan rings is 1. The van der Waals surface area contributed by atoms with Crippen LogP contribution in [0.1, 0.15) is 16.9 Å². The number of carbonyl (C=O) groups excluding carboxylic acids is 1. The summed E-state index contributed by atoms with van der Waals surface area (Å²) in [6, 6.07) is 9.44. The molecule has 34 heavy (non-hydrogen) atoms. The fraction of sp³-hybridized carbons (Fsp3) is 0.0909. The first-order valence-corrected chi connectivity index (χ1v) is 9.82. The van der Waals surface area contributed by atoms with Crippen molar-refractivity contribution < 1.29 is 35.6 Å². The van der Waals surface area contributed by atoms with Gasteiger partial charge in [0.2, 0.25) is 0 Å². The molecular formula is C22H10Cl2F6N2O2. The Labute approximate surface area is 198 Å². The second-order valence-electron chi connectivity index (χ2n) is 6.71. The number of anilines is 1. The van der Waals surface area contributed by atoms with Crippen LogP contribution in [0.15, 0.2) is 58.5 Å². The van der Waals surface area contributed by atoms with Gasteiger partial charge in [0.05, 0.1) is 21.2 Å². The van der Waals surface area contributed by atoms with Gasteiger partial charge in [-0.05, 0) is 48.5 Å². The highest BCUT2D eigenvalue weighted by Gasteiger charge is 2.34. The smallest absolute Gasteiger partial charge is 0.417 e. The quantitative estimate of drug-likeness (QED) is 0.217. The number of amides is 1. The Balaban J connectivity index is 1.87. The highest BCUT2D eigenvalue weighted by Crippen LogP contribution is 2.37. The largest absolute Gasteiger partial charge is 0.457 e. The predicted molar refractivity (Wildman–Crippen MR) is 113 cm³/mol. The number of nitrogens with zero attached hydrogens (tertiary/aromatic N) is 1. The second kappa shape index (κ2) is 9.44. The van der Waals surface area contributed by atoms with Crippen molar-refractivity contribution in [2.24, 2.45) is 0 Å². The molecule has 0 aliphatic rings. The number of nitriles is 1. The van der Waals surface area contributed by atoms with Crippen molar-refractivity contribution >= 4 is 40.9 Å². The Morgan fingerprint density at radius 2 is 1.62 bits per heavy atom. The van der Waals surface area contributed by atoms with Crippen LogP contribution in [0.25, 0.3) is 17.4 Å². The van der Waals surface area contributed by atoms with Gasteiger partial charge in [0.15, 0.2) is 0 Å². The minimum atomic E-state index is -4.76. The fourth-order valence-corrected chi connectivity index (χ4v) is 3.21. The summed E-state index contributed by atoms with van der Waals surface area (Å²) in [5, 5.41) is 10.8. The second-order valence-corrected chi connectivity index (χ2v) is 7.53. The zero-order valence-corrected chi connectivity index (χ0v) is 18.0. The molecule has 0 fully saturated rings. The molecule has 4 nitrogen and oxygen atoms in total. The lowest BCUT2D eigenvalue weighted by molar-refractivity contribution is -0.138. The topological polar surface area (TPSA) is 66.0 Å². The monoisotopic (exact) mass is 518 g/mol. The number of hydrogen-bond acceptors (Lipinski definition) is 3. The highest BCUT2D eigenvalue weighted by atomic mass is 35.5. The van der Waals surface area contributed by atoms with E-state index in [1.165, 1.54) is 12.1 Å². The Morgan fingerprint density at radius 3 is 2.24 bits per heavy atom. The standard InChI is InChI=1S/C22H10Cl2F6N2O2/c23-17-4-1-12(21(25,26)27)8-15(17)19-6-3-14(34-19)7-11(10-31)20(33)32-13-2-5-18(24)16(9-13)22(28,29)30/h1-9H,(H,32,33)/b11-7+. The third-order valence-corrected chi connectivity index (χ3v) is 5.03. The average Bonchev–Trinajstić information content (AvgIpc) is 3.20. The predicted octanol–water partition coefficient (Wildman–Crippen LogP) is 7.84. The van der Waals surface area contributed by atoms with Crippen molar-refractivity contribution in [2.75, 3.05) is 5.32 Å². The van der Waals surface area contributed by atoms with Gasteiger partial charge in [-0.1, -0.05) is 23.2 Å². The molecule has 0 saturated carbocycles. The van der Waals surface area contributed by atoms with Gasteiger partial charge in [0.25, 0.3) is 5.91 Å². The zero-order valence-electron chi connectivity index (χ0n) is 16.5. The maximum atomic E-state index is 13.0. The molecule has 0 spiro atoms. The van der Waals surface area contributed by atoms with Crippen molar-refractivity contribution in [1.82, 2.24) is 0 Å². The van der Waals surface area contributed by atoms with Gasteiger partial charge in [-0.15, -0.1) is 0 Å². The molecule has 1 aromatic heterocycles. The van der Waals surface area contributed by atoms with E-state index in [-0.39, 0.29) is 27.8 Å². The van der Waals surface area contributed by atoms with E-state index < -0.39 is 40.0 Å². The molecule has 1 amide bonds. The lowest BCUT2D eigenvalue weighted by Crippen LogP contribution is -2.14. The van der Waals surface area contributed by atoms with Crippen LogP contribution in [0, 0.1) is 11.3 Å². The molecule has 0 aliphatic carbocycles. The maximum absolute atomic E-state index is 13.0. The van der Waals surface area contributed by atoms with E-state index in [0.29, 0.717) is 6.07 Å². The van der Waals surface area contributed by atoms with E-state index >= 15 is 0 Å². The van der Waals surface area contributed by atoms with E-state index in [1.807, 2.05) is 0 Å². The van der Waals surface area contributed by atoms with Crippen molar-refractivity contribution in [1.29, 1.82) is 5.26 Å². The van der Waals surface area contributed by atoms with Crippen molar-refractivity contribution in [3.63, 3.8) is 0 Å². The maximum Gasteiger partial charge on any atom is 0.417 e. The lowest BCUT2D eigenvalue weighted by Gasteiger charge is -2.11. The number of benzene rings is 2. The number of hydrogen-bond donors (Lipinski definition) is 1. The molecule has 0 radical (unpaired) electrons. The minimum Gasteiger partial charge on any atom is -0.457 e. The molecule has 0 atom stereocenters. The average molecular weight is 519 g/mol. The molecule has 2 aromatic carbocycles. The van der Waals surface area contributed by atoms with Crippen molar-refractivity contribution in [3.8, 4) is 17.4 Å². The Kier molecular flexibility index (Phi) is 7.00. The number of rotatable bonds is 4. The van der Waals surface area contributed by atoms with Gasteiger partial charge in [-0.2, -0.15) is 31.6 Å². The molecule has 1 heterocycles. The van der Waals surface area contributed by atoms with Gasteiger partial charge in [-0.3, -0.25) is 4.79 Å². The molecule has 1 N–H and O–H groups in total. The Bertz CT molecular complexity index is 1320. The van der Waals surface area contributed by atoms with Gasteiger partial charge < -0.3 is 9.73 Å². The fourth-order valence-electron chi connectivity index (χ4n) is 2.78.